The standard InChI is InChI=1S/C4H10.C3H6/c1-4(2)3;1-3-2/h4H,1-3H3;3H,1H2,2H3. The molecule has 0 aliphatic heterocycles. The summed E-state index contributed by atoms with van der Waals surface area (Å²) in [6.45, 7) is 11.7. The second kappa shape index (κ2) is 9.22. The molecule has 0 heteroatoms. The van der Waals surface area contributed by atoms with Gasteiger partial charge < -0.3 is 0 Å². The molecule has 0 aromatic heterocycles. The Morgan fingerprint density at radius 3 is 1.29 bits per heavy atom. The van der Waals surface area contributed by atoms with E-state index in [1.165, 1.54) is 0 Å². The van der Waals surface area contributed by atoms with Gasteiger partial charge in [-0.25, -0.2) is 0 Å². The van der Waals surface area contributed by atoms with Crippen molar-refractivity contribution in [1.29, 1.82) is 0 Å². The highest BCUT2D eigenvalue weighted by atomic mass is 13.7. The van der Waals surface area contributed by atoms with Gasteiger partial charge >= 0.3 is 0 Å². The van der Waals surface area contributed by atoms with Crippen molar-refractivity contribution in [3.63, 3.8) is 0 Å². The van der Waals surface area contributed by atoms with Crippen molar-refractivity contribution < 1.29 is 0 Å². The van der Waals surface area contributed by atoms with Crippen LogP contribution in [0.5, 0.6) is 0 Å². The molecule has 0 spiro atoms. The number of allylic oxidation sites excluding steroid dienone is 1. The van der Waals surface area contributed by atoms with Crippen LogP contribution in [-0.2, 0) is 0 Å². The molecule has 0 N–H and O–H groups in total. The maximum Gasteiger partial charge on any atom is -0.0473 e. The van der Waals surface area contributed by atoms with E-state index in [0.717, 1.165) is 5.92 Å². The molecule has 7 heavy (non-hydrogen) atoms. The van der Waals surface area contributed by atoms with Crippen molar-refractivity contribution in [3.05, 3.63) is 12.7 Å². The Bertz CT molecular complexity index is 24.3. The molecule has 0 amide bonds. The zero-order valence-corrected chi connectivity index (χ0v) is 5.86. The van der Waals surface area contributed by atoms with Crippen LogP contribution in [0.3, 0.4) is 0 Å². The van der Waals surface area contributed by atoms with E-state index in [1.54, 1.807) is 6.08 Å². The normalized spacial score (nSPS) is 7.00. The summed E-state index contributed by atoms with van der Waals surface area (Å²) in [7, 11) is 0. The lowest BCUT2D eigenvalue weighted by atomic mass is 10.3. The molecule has 0 saturated carbocycles. The van der Waals surface area contributed by atoms with E-state index in [1.807, 2.05) is 6.92 Å². The van der Waals surface area contributed by atoms with E-state index < -0.39 is 0 Å². The molecular formula is C7H16. The highest BCUT2D eigenvalue weighted by Gasteiger charge is 1.68. The van der Waals surface area contributed by atoms with Crippen LogP contribution in [0.15, 0.2) is 12.7 Å². The van der Waals surface area contributed by atoms with Gasteiger partial charge in [0.05, 0.1) is 0 Å². The van der Waals surface area contributed by atoms with E-state index in [0.29, 0.717) is 0 Å². The number of hydrogen-bond donors (Lipinski definition) is 0. The first-order valence-corrected chi connectivity index (χ1v) is 2.72. The maximum absolute atomic E-state index is 3.36. The topological polar surface area (TPSA) is 0 Å². The van der Waals surface area contributed by atoms with Crippen LogP contribution in [0.25, 0.3) is 0 Å². The summed E-state index contributed by atoms with van der Waals surface area (Å²) in [5.41, 5.74) is 0. The lowest BCUT2D eigenvalue weighted by Gasteiger charge is -1.79. The van der Waals surface area contributed by atoms with Crippen LogP contribution in [-0.4, -0.2) is 0 Å². The molecule has 0 atom stereocenters. The van der Waals surface area contributed by atoms with Gasteiger partial charge in [0.25, 0.3) is 0 Å². The molecule has 0 unspecified atom stereocenters. The first-order valence-electron chi connectivity index (χ1n) is 2.72. The molecular weight excluding hydrogens is 84.1 g/mol. The Kier molecular flexibility index (Phi) is 13.0. The molecule has 0 rings (SSSR count). The average Bonchev–Trinajstić information content (AvgIpc) is 1.33. The summed E-state index contributed by atoms with van der Waals surface area (Å²) in [5, 5.41) is 0. The second-order valence-electron chi connectivity index (χ2n) is 2.14. The van der Waals surface area contributed by atoms with Gasteiger partial charge in [-0.15, -0.1) is 6.58 Å². The minimum atomic E-state index is 0.833. The van der Waals surface area contributed by atoms with E-state index in [2.05, 4.69) is 27.4 Å². The Labute approximate surface area is 47.2 Å². The molecule has 44 valence electrons. The van der Waals surface area contributed by atoms with Gasteiger partial charge in [0.1, 0.15) is 0 Å². The first kappa shape index (κ1) is 9.88. The summed E-state index contributed by atoms with van der Waals surface area (Å²) in [6, 6.07) is 0. The van der Waals surface area contributed by atoms with Gasteiger partial charge in [-0.05, 0) is 12.8 Å². The predicted molar refractivity (Wildman–Crippen MR) is 36.4 cm³/mol. The zero-order chi connectivity index (χ0) is 6.28. The van der Waals surface area contributed by atoms with Crippen molar-refractivity contribution in [1.82, 2.24) is 0 Å². The minimum absolute atomic E-state index is 0.833. The molecule has 0 aromatic carbocycles. The smallest absolute Gasteiger partial charge is 0.0473 e. The molecule has 0 fully saturated rings. The largest absolute Gasteiger partial charge is 0.103 e. The van der Waals surface area contributed by atoms with Gasteiger partial charge in [0, 0.05) is 0 Å². The van der Waals surface area contributed by atoms with Gasteiger partial charge in [-0.2, -0.15) is 0 Å². The first-order chi connectivity index (χ1) is 3.15. The zero-order valence-electron chi connectivity index (χ0n) is 5.86. The molecule has 0 radical (unpaired) electrons. The quantitative estimate of drug-likeness (QED) is 0.411. The lowest BCUT2D eigenvalue weighted by Crippen LogP contribution is -1.66. The van der Waals surface area contributed by atoms with E-state index in [9.17, 15) is 0 Å². The highest BCUT2D eigenvalue weighted by Crippen LogP contribution is 1.81. The fourth-order valence-electron chi connectivity index (χ4n) is 0. The van der Waals surface area contributed by atoms with Crippen LogP contribution in [0.4, 0.5) is 0 Å². The monoisotopic (exact) mass is 100 g/mol. The van der Waals surface area contributed by atoms with Gasteiger partial charge in [0.2, 0.25) is 0 Å². The van der Waals surface area contributed by atoms with Crippen molar-refractivity contribution in [2.45, 2.75) is 27.7 Å². The fraction of sp³-hybridized carbons (Fsp3) is 0.714. The van der Waals surface area contributed by atoms with Gasteiger partial charge in [0.15, 0.2) is 0 Å². The van der Waals surface area contributed by atoms with Gasteiger partial charge in [-0.1, -0.05) is 26.8 Å². The summed E-state index contributed by atoms with van der Waals surface area (Å²) in [6.07, 6.45) is 1.75. The van der Waals surface area contributed by atoms with Gasteiger partial charge in [-0.3, -0.25) is 0 Å². The minimum Gasteiger partial charge on any atom is -0.103 e. The van der Waals surface area contributed by atoms with Crippen LogP contribution >= 0.6 is 0 Å². The van der Waals surface area contributed by atoms with Crippen molar-refractivity contribution in [3.8, 4) is 0 Å². The SMILES string of the molecule is C=CC.CC(C)C. The third-order valence-corrected chi connectivity index (χ3v) is 0. The summed E-state index contributed by atoms with van der Waals surface area (Å²) >= 11 is 0. The van der Waals surface area contributed by atoms with Crippen molar-refractivity contribution in [2.75, 3.05) is 0 Å². The third kappa shape index (κ3) is 1190. The highest BCUT2D eigenvalue weighted by molar-refractivity contribution is 4.51. The second-order valence-corrected chi connectivity index (χ2v) is 2.14. The molecule has 0 saturated heterocycles. The van der Waals surface area contributed by atoms with Crippen LogP contribution in [0.1, 0.15) is 27.7 Å². The summed E-state index contributed by atoms with van der Waals surface area (Å²) in [5.74, 6) is 0.833. The summed E-state index contributed by atoms with van der Waals surface area (Å²) in [4.78, 5) is 0. The third-order valence-electron chi connectivity index (χ3n) is 0. The predicted octanol–water partition coefficient (Wildman–Crippen LogP) is 2.85. The summed E-state index contributed by atoms with van der Waals surface area (Å²) < 4.78 is 0. The number of hydrogen-bond acceptors (Lipinski definition) is 0. The maximum atomic E-state index is 3.36. The van der Waals surface area contributed by atoms with E-state index in [-0.39, 0.29) is 0 Å². The van der Waals surface area contributed by atoms with Crippen LogP contribution in [0, 0.1) is 5.92 Å². The Morgan fingerprint density at radius 2 is 1.29 bits per heavy atom. The Balaban J connectivity index is 0. The Hall–Kier alpha value is -0.260. The van der Waals surface area contributed by atoms with Crippen LogP contribution < -0.4 is 0 Å². The Morgan fingerprint density at radius 1 is 1.29 bits per heavy atom. The van der Waals surface area contributed by atoms with Crippen molar-refractivity contribution in [2.24, 2.45) is 5.92 Å². The van der Waals surface area contributed by atoms with E-state index >= 15 is 0 Å². The molecule has 0 bridgehead atoms. The molecule has 0 aliphatic carbocycles. The van der Waals surface area contributed by atoms with Crippen LogP contribution in [0.2, 0.25) is 0 Å². The lowest BCUT2D eigenvalue weighted by molar-refractivity contribution is 0.737. The molecule has 0 aromatic rings. The molecule has 0 heterocycles. The fourth-order valence-corrected chi connectivity index (χ4v) is 0. The molecule has 0 aliphatic rings. The molecule has 0 nitrogen and oxygen atoms in total. The number of rotatable bonds is 0. The van der Waals surface area contributed by atoms with Crippen molar-refractivity contribution >= 4 is 0 Å². The van der Waals surface area contributed by atoms with E-state index in [4.69, 9.17) is 0 Å². The average molecular weight is 100 g/mol.